The molecule has 5 nitrogen and oxygen atoms in total. The number of carbonyl (C=O) groups excluding carboxylic acids is 3. The minimum absolute atomic E-state index is 0.0529. The Bertz CT molecular complexity index is 604. The van der Waals surface area contributed by atoms with Crippen LogP contribution < -0.4 is 0 Å². The molecule has 23 heavy (non-hydrogen) atoms. The maximum atomic E-state index is 12.6. The molecule has 0 N–H and O–H groups in total. The molecule has 3 unspecified atom stereocenters. The first kappa shape index (κ1) is 15.7. The van der Waals surface area contributed by atoms with Gasteiger partial charge in [0.1, 0.15) is 0 Å². The van der Waals surface area contributed by atoms with E-state index in [1.54, 1.807) is 4.90 Å². The lowest BCUT2D eigenvalue weighted by Crippen LogP contribution is -2.39. The number of imide groups is 1. The van der Waals surface area contributed by atoms with E-state index in [4.69, 9.17) is 0 Å². The molecule has 0 spiro atoms. The molecule has 0 saturated carbocycles. The molecule has 2 aliphatic rings. The first-order valence-electron chi connectivity index (χ1n) is 8.20. The Balaban J connectivity index is 1.70. The predicted molar refractivity (Wildman–Crippen MR) is 85.0 cm³/mol. The Hall–Kier alpha value is -2.17. The van der Waals surface area contributed by atoms with Gasteiger partial charge in [-0.25, -0.2) is 0 Å². The number of likely N-dealkylation sites (tertiary alicyclic amines) is 2. The van der Waals surface area contributed by atoms with Crippen LogP contribution in [0.3, 0.4) is 0 Å². The number of hydrogen-bond acceptors (Lipinski definition) is 3. The molecule has 0 bridgehead atoms. The van der Waals surface area contributed by atoms with Crippen molar-refractivity contribution in [2.75, 3.05) is 13.1 Å². The quantitative estimate of drug-likeness (QED) is 0.795. The Morgan fingerprint density at radius 1 is 1.13 bits per heavy atom. The number of hydrogen-bond donors (Lipinski definition) is 0. The summed E-state index contributed by atoms with van der Waals surface area (Å²) in [5.74, 6) is -0.999. The van der Waals surface area contributed by atoms with E-state index in [2.05, 4.69) is 0 Å². The third-order valence-corrected chi connectivity index (χ3v) is 5.02. The first-order valence-corrected chi connectivity index (χ1v) is 8.20. The number of fused-ring (bicyclic) bond motifs is 1. The van der Waals surface area contributed by atoms with Crippen LogP contribution in [0.5, 0.6) is 0 Å². The molecule has 2 heterocycles. The fraction of sp³-hybridized carbons (Fsp3) is 0.500. The first-order chi connectivity index (χ1) is 11.0. The van der Waals surface area contributed by atoms with Gasteiger partial charge in [0, 0.05) is 19.0 Å². The lowest BCUT2D eigenvalue weighted by Gasteiger charge is -2.23. The molecule has 3 amide bonds. The third kappa shape index (κ3) is 2.76. The van der Waals surface area contributed by atoms with Crippen LogP contribution in [0.15, 0.2) is 30.3 Å². The van der Waals surface area contributed by atoms with E-state index in [1.807, 2.05) is 44.2 Å². The smallest absolute Gasteiger partial charge is 0.235 e. The molecule has 3 rings (SSSR count). The van der Waals surface area contributed by atoms with Crippen molar-refractivity contribution in [2.45, 2.75) is 26.8 Å². The molecule has 3 atom stereocenters. The Morgan fingerprint density at radius 3 is 2.22 bits per heavy atom. The molecule has 0 aliphatic carbocycles. The summed E-state index contributed by atoms with van der Waals surface area (Å²) in [7, 11) is 0. The number of nitrogens with zero attached hydrogens (tertiary/aromatic N) is 2. The van der Waals surface area contributed by atoms with Crippen molar-refractivity contribution >= 4 is 17.7 Å². The summed E-state index contributed by atoms with van der Waals surface area (Å²) in [6.45, 7) is 4.94. The molecule has 2 saturated heterocycles. The SMILES string of the molecule is CCC(C)C(=O)N1CC2C(=O)N(Cc3ccccc3)C(=O)C2C1. The minimum atomic E-state index is -0.362. The molecule has 5 heteroatoms. The molecule has 1 aromatic rings. The third-order valence-electron chi connectivity index (χ3n) is 5.02. The van der Waals surface area contributed by atoms with Gasteiger partial charge >= 0.3 is 0 Å². The lowest BCUT2D eigenvalue weighted by atomic mass is 10.00. The summed E-state index contributed by atoms with van der Waals surface area (Å²) in [5, 5.41) is 0. The highest BCUT2D eigenvalue weighted by Gasteiger charge is 2.53. The van der Waals surface area contributed by atoms with E-state index in [0.29, 0.717) is 19.6 Å². The Kier molecular flexibility index (Phi) is 4.20. The van der Waals surface area contributed by atoms with E-state index in [0.717, 1.165) is 12.0 Å². The van der Waals surface area contributed by atoms with Crippen LogP contribution in [0.25, 0.3) is 0 Å². The van der Waals surface area contributed by atoms with Gasteiger partial charge in [0.2, 0.25) is 17.7 Å². The van der Waals surface area contributed by atoms with Gasteiger partial charge in [-0.05, 0) is 12.0 Å². The maximum absolute atomic E-state index is 12.6. The van der Waals surface area contributed by atoms with Crippen LogP contribution in [0.4, 0.5) is 0 Å². The maximum Gasteiger partial charge on any atom is 0.235 e. The molecule has 2 aliphatic heterocycles. The Labute approximate surface area is 136 Å². The highest BCUT2D eigenvalue weighted by Crippen LogP contribution is 2.35. The van der Waals surface area contributed by atoms with Gasteiger partial charge in [-0.15, -0.1) is 0 Å². The molecule has 0 radical (unpaired) electrons. The number of rotatable bonds is 4. The van der Waals surface area contributed by atoms with Gasteiger partial charge < -0.3 is 4.90 Å². The van der Waals surface area contributed by atoms with Gasteiger partial charge in [0.05, 0.1) is 18.4 Å². The normalized spacial score (nSPS) is 25.0. The van der Waals surface area contributed by atoms with Crippen molar-refractivity contribution in [3.63, 3.8) is 0 Å². The highest BCUT2D eigenvalue weighted by molar-refractivity contribution is 6.06. The zero-order valence-corrected chi connectivity index (χ0v) is 13.6. The number of benzene rings is 1. The van der Waals surface area contributed by atoms with Gasteiger partial charge in [-0.2, -0.15) is 0 Å². The predicted octanol–water partition coefficient (Wildman–Crippen LogP) is 1.68. The van der Waals surface area contributed by atoms with Gasteiger partial charge in [-0.3, -0.25) is 19.3 Å². The molecule has 2 fully saturated rings. The second-order valence-electron chi connectivity index (χ2n) is 6.51. The van der Waals surface area contributed by atoms with Gasteiger partial charge in [0.25, 0.3) is 0 Å². The molecule has 1 aromatic carbocycles. The number of carbonyl (C=O) groups is 3. The summed E-state index contributed by atoms with van der Waals surface area (Å²) in [6.07, 6.45) is 0.771. The average molecular weight is 314 g/mol. The minimum Gasteiger partial charge on any atom is -0.341 e. The van der Waals surface area contributed by atoms with E-state index >= 15 is 0 Å². The van der Waals surface area contributed by atoms with Crippen molar-refractivity contribution in [1.29, 1.82) is 0 Å². The van der Waals surface area contributed by atoms with E-state index in [-0.39, 0.29) is 35.5 Å². The van der Waals surface area contributed by atoms with Gasteiger partial charge in [-0.1, -0.05) is 44.2 Å². The zero-order chi connectivity index (χ0) is 16.6. The highest BCUT2D eigenvalue weighted by atomic mass is 16.2. The summed E-state index contributed by atoms with van der Waals surface area (Å²) in [4.78, 5) is 40.5. The van der Waals surface area contributed by atoms with Crippen LogP contribution >= 0.6 is 0 Å². The topological polar surface area (TPSA) is 57.7 Å². The summed E-state index contributed by atoms with van der Waals surface area (Å²) < 4.78 is 0. The summed E-state index contributed by atoms with van der Waals surface area (Å²) in [6, 6.07) is 9.52. The Morgan fingerprint density at radius 2 is 1.70 bits per heavy atom. The van der Waals surface area contributed by atoms with Crippen molar-refractivity contribution < 1.29 is 14.4 Å². The van der Waals surface area contributed by atoms with Crippen LogP contribution in [0, 0.1) is 17.8 Å². The largest absolute Gasteiger partial charge is 0.341 e. The van der Waals surface area contributed by atoms with Crippen molar-refractivity contribution in [3.05, 3.63) is 35.9 Å². The summed E-state index contributed by atoms with van der Waals surface area (Å²) in [5.41, 5.74) is 0.946. The van der Waals surface area contributed by atoms with Crippen molar-refractivity contribution in [1.82, 2.24) is 9.80 Å². The molecule has 0 aromatic heterocycles. The standard InChI is InChI=1S/C18H22N2O3/c1-3-12(2)16(21)19-10-14-15(11-19)18(23)20(17(14)22)9-13-7-5-4-6-8-13/h4-8,12,14-15H,3,9-11H2,1-2H3. The van der Waals surface area contributed by atoms with Crippen molar-refractivity contribution in [3.8, 4) is 0 Å². The van der Waals surface area contributed by atoms with Crippen molar-refractivity contribution in [2.24, 2.45) is 17.8 Å². The molecule has 122 valence electrons. The summed E-state index contributed by atoms with van der Waals surface area (Å²) >= 11 is 0. The average Bonchev–Trinajstić information content (AvgIpc) is 3.10. The number of amides is 3. The lowest BCUT2D eigenvalue weighted by molar-refractivity contribution is -0.142. The van der Waals surface area contributed by atoms with Gasteiger partial charge in [0.15, 0.2) is 0 Å². The fourth-order valence-electron chi connectivity index (χ4n) is 3.40. The van der Waals surface area contributed by atoms with Crippen LogP contribution in [0.2, 0.25) is 0 Å². The van der Waals surface area contributed by atoms with Crippen LogP contribution in [-0.4, -0.2) is 40.6 Å². The fourth-order valence-corrected chi connectivity index (χ4v) is 3.40. The zero-order valence-electron chi connectivity index (χ0n) is 13.6. The second-order valence-corrected chi connectivity index (χ2v) is 6.51. The van der Waals surface area contributed by atoms with E-state index in [9.17, 15) is 14.4 Å². The second kappa shape index (κ2) is 6.14. The molecular formula is C18H22N2O3. The van der Waals surface area contributed by atoms with E-state index in [1.165, 1.54) is 4.90 Å². The van der Waals surface area contributed by atoms with Crippen LogP contribution in [0.1, 0.15) is 25.8 Å². The van der Waals surface area contributed by atoms with E-state index < -0.39 is 0 Å². The monoisotopic (exact) mass is 314 g/mol. The van der Waals surface area contributed by atoms with Crippen LogP contribution in [-0.2, 0) is 20.9 Å². The molecular weight excluding hydrogens is 292 g/mol.